The average molecular weight is 215 g/mol. The first-order chi connectivity index (χ1) is 6.74. The molecule has 0 aromatic rings. The Balaban J connectivity index is 4.41. The normalized spacial score (nSPS) is 18.5. The van der Waals surface area contributed by atoms with Gasteiger partial charge in [-0.1, -0.05) is 13.8 Å². The van der Waals surface area contributed by atoms with E-state index in [0.717, 1.165) is 25.8 Å². The van der Waals surface area contributed by atoms with Gasteiger partial charge in [-0.05, 0) is 26.7 Å². The molecule has 0 aromatic carbocycles. The van der Waals surface area contributed by atoms with Crippen molar-refractivity contribution in [3.8, 4) is 0 Å². The molecule has 0 saturated carbocycles. The van der Waals surface area contributed by atoms with E-state index in [1.54, 1.807) is 0 Å². The van der Waals surface area contributed by atoms with Gasteiger partial charge in [0, 0.05) is 6.42 Å². The second-order valence-electron chi connectivity index (χ2n) is 5.50. The van der Waals surface area contributed by atoms with E-state index < -0.39 is 0 Å². The van der Waals surface area contributed by atoms with Crippen LogP contribution in [0.4, 0.5) is 0 Å². The summed E-state index contributed by atoms with van der Waals surface area (Å²) < 4.78 is 0.646. The van der Waals surface area contributed by atoms with E-state index in [1.165, 1.54) is 0 Å². The lowest BCUT2D eigenvalue weighted by molar-refractivity contribution is -1.09. The van der Waals surface area contributed by atoms with Crippen molar-refractivity contribution in [2.24, 2.45) is 5.92 Å². The van der Waals surface area contributed by atoms with Crippen LogP contribution in [0.25, 0.3) is 0 Å². The molecule has 2 nitrogen and oxygen atoms in total. The van der Waals surface area contributed by atoms with Crippen molar-refractivity contribution in [2.75, 3.05) is 20.6 Å². The molecule has 90 valence electrons. The lowest BCUT2D eigenvalue weighted by Gasteiger charge is -2.37. The van der Waals surface area contributed by atoms with Gasteiger partial charge in [-0.15, -0.1) is 0 Å². The van der Waals surface area contributed by atoms with Crippen molar-refractivity contribution in [1.82, 2.24) is 0 Å². The summed E-state index contributed by atoms with van der Waals surface area (Å²) in [5.74, 6) is 0.441. The Kier molecular flexibility index (Phi) is 5.68. The van der Waals surface area contributed by atoms with Crippen LogP contribution in [0.5, 0.6) is 0 Å². The van der Waals surface area contributed by atoms with Crippen LogP contribution in [0.1, 0.15) is 47.0 Å². The lowest BCUT2D eigenvalue weighted by Crippen LogP contribution is -2.48. The predicted octanol–water partition coefficient (Wildman–Crippen LogP) is 3.43. The first-order valence-electron chi connectivity index (χ1n) is 6.11. The molecule has 0 radical (unpaired) electrons. The summed E-state index contributed by atoms with van der Waals surface area (Å²) in [6, 6.07) is 0. The van der Waals surface area contributed by atoms with E-state index in [4.69, 9.17) is 4.84 Å². The number of hydrogen-bond acceptors (Lipinski definition) is 1. The lowest BCUT2D eigenvalue weighted by atomic mass is 9.92. The first-order valence-corrected chi connectivity index (χ1v) is 6.11. The van der Waals surface area contributed by atoms with Gasteiger partial charge < -0.3 is 0 Å². The van der Waals surface area contributed by atoms with Crippen molar-refractivity contribution in [2.45, 2.75) is 52.6 Å². The number of hydroxylamine groups is 3. The van der Waals surface area contributed by atoms with Crippen LogP contribution < -0.4 is 0 Å². The molecule has 0 rings (SSSR count). The van der Waals surface area contributed by atoms with Crippen LogP contribution >= 0.6 is 0 Å². The summed E-state index contributed by atoms with van der Waals surface area (Å²) in [5.41, 5.74) is -0.0418. The fourth-order valence-electron chi connectivity index (χ4n) is 2.16. The molecule has 2 atom stereocenters. The Bertz CT molecular complexity index is 177. The number of rotatable bonds is 7. The maximum Gasteiger partial charge on any atom is 0.128 e. The van der Waals surface area contributed by atoms with E-state index in [1.807, 2.05) is 0 Å². The van der Waals surface area contributed by atoms with E-state index in [-0.39, 0.29) is 5.60 Å². The SMILES string of the molecule is [CH2+]C(C)CC(C)(CC)O[N+](C)(C)CCC. The van der Waals surface area contributed by atoms with E-state index in [9.17, 15) is 0 Å². The summed E-state index contributed by atoms with van der Waals surface area (Å²) in [5, 5.41) is 0. The standard InChI is InChI=1S/C13H29NO/c1-8-10-14(6,7)15-13(5,9-2)11-12(3)4/h12H,3,8-11H2,1-2,4-7H3/q+2. The highest BCUT2D eigenvalue weighted by atomic mass is 16.7. The summed E-state index contributed by atoms with van der Waals surface area (Å²) in [7, 11) is 4.26. The molecule has 0 fully saturated rings. The Hall–Kier alpha value is -0.210. The molecule has 15 heavy (non-hydrogen) atoms. The second-order valence-corrected chi connectivity index (χ2v) is 5.50. The number of hydrogen-bond donors (Lipinski definition) is 0. The quantitative estimate of drug-likeness (QED) is 0.359. The van der Waals surface area contributed by atoms with E-state index in [2.05, 4.69) is 48.7 Å². The molecule has 0 amide bonds. The van der Waals surface area contributed by atoms with Crippen molar-refractivity contribution in [1.29, 1.82) is 0 Å². The Morgan fingerprint density at radius 2 is 1.87 bits per heavy atom. The van der Waals surface area contributed by atoms with Crippen LogP contribution in [0.3, 0.4) is 0 Å². The molecule has 0 bridgehead atoms. The summed E-state index contributed by atoms with van der Waals surface area (Å²) in [4.78, 5) is 6.22. The van der Waals surface area contributed by atoms with Gasteiger partial charge in [0.2, 0.25) is 0 Å². The van der Waals surface area contributed by atoms with Gasteiger partial charge in [-0.2, -0.15) is 9.48 Å². The van der Waals surface area contributed by atoms with Gasteiger partial charge >= 0.3 is 0 Å². The van der Waals surface area contributed by atoms with Gasteiger partial charge in [-0.25, -0.2) is 0 Å². The highest BCUT2D eigenvalue weighted by molar-refractivity contribution is 4.75. The van der Waals surface area contributed by atoms with Crippen LogP contribution in [-0.4, -0.2) is 30.9 Å². The van der Waals surface area contributed by atoms with E-state index >= 15 is 0 Å². The Morgan fingerprint density at radius 3 is 2.20 bits per heavy atom. The van der Waals surface area contributed by atoms with Crippen LogP contribution in [-0.2, 0) is 4.84 Å². The zero-order valence-electron chi connectivity index (χ0n) is 11.5. The van der Waals surface area contributed by atoms with Crippen LogP contribution in [0, 0.1) is 12.8 Å². The first kappa shape index (κ1) is 14.8. The molecule has 0 N–H and O–H groups in total. The topological polar surface area (TPSA) is 9.23 Å². The van der Waals surface area contributed by atoms with Gasteiger partial charge in [0.25, 0.3) is 0 Å². The van der Waals surface area contributed by atoms with Crippen LogP contribution in [0.2, 0.25) is 0 Å². The molecule has 0 aliphatic carbocycles. The van der Waals surface area contributed by atoms with Gasteiger partial charge in [-0.3, -0.25) is 0 Å². The average Bonchev–Trinajstić information content (AvgIpc) is 2.01. The zero-order valence-corrected chi connectivity index (χ0v) is 11.5. The van der Waals surface area contributed by atoms with Gasteiger partial charge in [0.05, 0.1) is 26.9 Å². The summed E-state index contributed by atoms with van der Waals surface area (Å²) in [6.07, 6.45) is 3.21. The summed E-state index contributed by atoms with van der Waals surface area (Å²) >= 11 is 0. The van der Waals surface area contributed by atoms with Crippen LogP contribution in [0.15, 0.2) is 0 Å². The van der Waals surface area contributed by atoms with Crippen molar-refractivity contribution >= 4 is 0 Å². The monoisotopic (exact) mass is 215 g/mol. The molecule has 2 unspecified atom stereocenters. The molecule has 0 saturated heterocycles. The molecule has 0 heterocycles. The van der Waals surface area contributed by atoms with Crippen molar-refractivity contribution in [3.05, 3.63) is 6.92 Å². The molecule has 0 spiro atoms. The van der Waals surface area contributed by atoms with E-state index in [0.29, 0.717) is 10.6 Å². The van der Waals surface area contributed by atoms with Gasteiger partial charge in [0.15, 0.2) is 0 Å². The maximum atomic E-state index is 6.22. The third-order valence-corrected chi connectivity index (χ3v) is 2.76. The maximum absolute atomic E-state index is 6.22. The molecule has 2 heteroatoms. The van der Waals surface area contributed by atoms with Crippen molar-refractivity contribution in [3.63, 3.8) is 0 Å². The zero-order chi connectivity index (χ0) is 12.1. The number of quaternary nitrogens is 1. The molecule has 0 aliphatic rings. The van der Waals surface area contributed by atoms with Gasteiger partial charge in [0.1, 0.15) is 12.1 Å². The third kappa shape index (κ3) is 6.06. The minimum absolute atomic E-state index is 0.0418. The minimum Gasteiger partial charge on any atom is -0.197 e. The fourth-order valence-corrected chi connectivity index (χ4v) is 2.16. The Labute approximate surface area is 96.2 Å². The summed E-state index contributed by atoms with van der Waals surface area (Å²) in [6.45, 7) is 13.8. The smallest absolute Gasteiger partial charge is 0.128 e. The molecule has 0 aromatic heterocycles. The largest absolute Gasteiger partial charge is 0.197 e. The fraction of sp³-hybridized carbons (Fsp3) is 0.923. The molecule has 0 aliphatic heterocycles. The van der Waals surface area contributed by atoms with Crippen molar-refractivity contribution < 1.29 is 9.48 Å². The Morgan fingerprint density at radius 1 is 1.33 bits per heavy atom. The third-order valence-electron chi connectivity index (χ3n) is 2.76. The second kappa shape index (κ2) is 5.76. The predicted molar refractivity (Wildman–Crippen MR) is 66.2 cm³/mol. The number of nitrogens with zero attached hydrogens (tertiary/aromatic N) is 1. The highest BCUT2D eigenvalue weighted by Gasteiger charge is 2.34. The molecular formula is C13H29NO+2. The molecular weight excluding hydrogens is 186 g/mol. The highest BCUT2D eigenvalue weighted by Crippen LogP contribution is 2.27. The minimum atomic E-state index is -0.0418.